The van der Waals surface area contributed by atoms with Gasteiger partial charge in [-0.05, 0) is 30.3 Å². The van der Waals surface area contributed by atoms with Crippen LogP contribution in [0.15, 0.2) is 47.5 Å². The van der Waals surface area contributed by atoms with E-state index in [0.29, 0.717) is 24.3 Å². The van der Waals surface area contributed by atoms with Crippen molar-refractivity contribution in [2.24, 2.45) is 5.14 Å². The van der Waals surface area contributed by atoms with Crippen molar-refractivity contribution in [2.45, 2.75) is 11.3 Å². The van der Waals surface area contributed by atoms with Gasteiger partial charge in [0.1, 0.15) is 4.90 Å². The SMILES string of the molecule is Nc1ccc(NCCc2ccccn2)c(S(N)(=O)=O)c1. The average Bonchev–Trinajstić information content (AvgIpc) is 2.40. The van der Waals surface area contributed by atoms with Crippen LogP contribution in [0, 0.1) is 0 Å². The highest BCUT2D eigenvalue weighted by Crippen LogP contribution is 2.22. The normalized spacial score (nSPS) is 11.2. The second-order valence-corrected chi connectivity index (χ2v) is 5.83. The van der Waals surface area contributed by atoms with Crippen molar-refractivity contribution in [2.75, 3.05) is 17.6 Å². The Hall–Kier alpha value is -2.12. The lowest BCUT2D eigenvalue weighted by atomic mass is 10.2. The summed E-state index contributed by atoms with van der Waals surface area (Å²) in [5, 5.41) is 8.21. The van der Waals surface area contributed by atoms with Crippen molar-refractivity contribution in [1.82, 2.24) is 4.98 Å². The quantitative estimate of drug-likeness (QED) is 0.711. The minimum atomic E-state index is -3.81. The first-order valence-corrected chi connectivity index (χ1v) is 7.57. The molecule has 0 saturated heterocycles. The zero-order valence-electron chi connectivity index (χ0n) is 10.8. The van der Waals surface area contributed by atoms with Gasteiger partial charge in [0.2, 0.25) is 10.0 Å². The molecule has 0 atom stereocenters. The first-order valence-electron chi connectivity index (χ1n) is 6.03. The summed E-state index contributed by atoms with van der Waals surface area (Å²) >= 11 is 0. The van der Waals surface area contributed by atoms with Crippen LogP contribution < -0.4 is 16.2 Å². The van der Waals surface area contributed by atoms with Crippen LogP contribution in [0.3, 0.4) is 0 Å². The van der Waals surface area contributed by atoms with Gasteiger partial charge in [-0.25, -0.2) is 13.6 Å². The number of aromatic nitrogens is 1. The third kappa shape index (κ3) is 3.69. The van der Waals surface area contributed by atoms with E-state index in [-0.39, 0.29) is 4.90 Å². The molecule has 1 aromatic carbocycles. The van der Waals surface area contributed by atoms with E-state index >= 15 is 0 Å². The summed E-state index contributed by atoms with van der Waals surface area (Å²) in [5.41, 5.74) is 7.30. The third-order valence-corrected chi connectivity index (χ3v) is 3.69. The number of pyridine rings is 1. The molecule has 2 rings (SSSR count). The summed E-state index contributed by atoms with van der Waals surface area (Å²) in [7, 11) is -3.81. The predicted molar refractivity (Wildman–Crippen MR) is 78.7 cm³/mol. The number of primary sulfonamides is 1. The van der Waals surface area contributed by atoms with Crippen LogP contribution >= 0.6 is 0 Å². The number of benzene rings is 1. The molecule has 0 saturated carbocycles. The average molecular weight is 292 g/mol. The molecule has 0 aliphatic carbocycles. The van der Waals surface area contributed by atoms with Gasteiger partial charge in [-0.3, -0.25) is 4.98 Å². The van der Waals surface area contributed by atoms with Crippen molar-refractivity contribution in [3.63, 3.8) is 0 Å². The molecule has 0 bridgehead atoms. The number of nitrogen functional groups attached to an aromatic ring is 1. The number of hydrogen-bond donors (Lipinski definition) is 3. The maximum Gasteiger partial charge on any atom is 0.240 e. The van der Waals surface area contributed by atoms with E-state index < -0.39 is 10.0 Å². The monoisotopic (exact) mass is 292 g/mol. The van der Waals surface area contributed by atoms with E-state index in [4.69, 9.17) is 10.9 Å². The molecule has 7 heteroatoms. The Kier molecular flexibility index (Phi) is 4.21. The summed E-state index contributed by atoms with van der Waals surface area (Å²) in [6.45, 7) is 0.545. The zero-order chi connectivity index (χ0) is 14.6. The van der Waals surface area contributed by atoms with E-state index in [1.807, 2.05) is 18.2 Å². The molecular formula is C13H16N4O2S. The van der Waals surface area contributed by atoms with Crippen LogP contribution in [0.2, 0.25) is 0 Å². The van der Waals surface area contributed by atoms with E-state index in [9.17, 15) is 8.42 Å². The van der Waals surface area contributed by atoms with Crippen molar-refractivity contribution < 1.29 is 8.42 Å². The molecule has 0 spiro atoms. The molecule has 20 heavy (non-hydrogen) atoms. The van der Waals surface area contributed by atoms with Gasteiger partial charge < -0.3 is 11.1 Å². The van der Waals surface area contributed by atoms with Crippen LogP contribution in [0.1, 0.15) is 5.69 Å². The van der Waals surface area contributed by atoms with Crippen LogP contribution in [0.4, 0.5) is 11.4 Å². The molecule has 0 unspecified atom stereocenters. The predicted octanol–water partition coefficient (Wildman–Crippen LogP) is 0.966. The highest BCUT2D eigenvalue weighted by molar-refractivity contribution is 7.89. The topological polar surface area (TPSA) is 111 Å². The molecule has 2 aromatic rings. The van der Waals surface area contributed by atoms with Gasteiger partial charge in [0, 0.05) is 30.5 Å². The van der Waals surface area contributed by atoms with Crippen LogP contribution in [-0.2, 0) is 16.4 Å². The largest absolute Gasteiger partial charge is 0.399 e. The van der Waals surface area contributed by atoms with Gasteiger partial charge in [0.05, 0.1) is 5.69 Å². The maximum atomic E-state index is 11.5. The number of sulfonamides is 1. The Labute approximate surface area is 117 Å². The molecule has 1 heterocycles. The molecule has 0 fully saturated rings. The molecule has 0 aliphatic heterocycles. The van der Waals surface area contributed by atoms with Gasteiger partial charge in [-0.15, -0.1) is 0 Å². The van der Waals surface area contributed by atoms with Gasteiger partial charge in [0.25, 0.3) is 0 Å². The zero-order valence-corrected chi connectivity index (χ0v) is 11.6. The van der Waals surface area contributed by atoms with Crippen molar-refractivity contribution in [1.29, 1.82) is 0 Å². The van der Waals surface area contributed by atoms with Crippen LogP contribution in [-0.4, -0.2) is 19.9 Å². The summed E-state index contributed by atoms with van der Waals surface area (Å²) < 4.78 is 23.0. The van der Waals surface area contributed by atoms with Crippen molar-refractivity contribution in [3.05, 3.63) is 48.3 Å². The summed E-state index contributed by atoms with van der Waals surface area (Å²) in [5.74, 6) is 0. The van der Waals surface area contributed by atoms with Crippen LogP contribution in [0.25, 0.3) is 0 Å². The van der Waals surface area contributed by atoms with Crippen molar-refractivity contribution >= 4 is 21.4 Å². The fraction of sp³-hybridized carbons (Fsp3) is 0.154. The first kappa shape index (κ1) is 14.3. The molecule has 6 nitrogen and oxygen atoms in total. The number of rotatable bonds is 5. The molecular weight excluding hydrogens is 276 g/mol. The van der Waals surface area contributed by atoms with Gasteiger partial charge >= 0.3 is 0 Å². The Morgan fingerprint density at radius 1 is 1.20 bits per heavy atom. The highest BCUT2D eigenvalue weighted by Gasteiger charge is 2.14. The van der Waals surface area contributed by atoms with E-state index in [1.54, 1.807) is 18.3 Å². The number of nitrogens with zero attached hydrogens (tertiary/aromatic N) is 1. The molecule has 0 radical (unpaired) electrons. The number of nitrogens with two attached hydrogens (primary N) is 2. The van der Waals surface area contributed by atoms with E-state index in [1.165, 1.54) is 6.07 Å². The van der Waals surface area contributed by atoms with Gasteiger partial charge in [-0.2, -0.15) is 0 Å². The molecule has 0 aliphatic rings. The van der Waals surface area contributed by atoms with Gasteiger partial charge in [-0.1, -0.05) is 6.07 Å². The lowest BCUT2D eigenvalue weighted by Crippen LogP contribution is -2.16. The summed E-state index contributed by atoms with van der Waals surface area (Å²) in [4.78, 5) is 4.19. The Morgan fingerprint density at radius 2 is 2.00 bits per heavy atom. The Morgan fingerprint density at radius 3 is 2.65 bits per heavy atom. The molecule has 1 aromatic heterocycles. The summed E-state index contributed by atoms with van der Waals surface area (Å²) in [6.07, 6.45) is 2.39. The fourth-order valence-electron chi connectivity index (χ4n) is 1.79. The van der Waals surface area contributed by atoms with Crippen molar-refractivity contribution in [3.8, 4) is 0 Å². The minimum absolute atomic E-state index is 0.00137. The smallest absolute Gasteiger partial charge is 0.240 e. The minimum Gasteiger partial charge on any atom is -0.399 e. The fourth-order valence-corrected chi connectivity index (χ4v) is 2.54. The van der Waals surface area contributed by atoms with Crippen LogP contribution in [0.5, 0.6) is 0 Å². The maximum absolute atomic E-state index is 11.5. The number of anilines is 2. The number of hydrogen-bond acceptors (Lipinski definition) is 5. The lowest BCUT2D eigenvalue weighted by molar-refractivity contribution is 0.598. The highest BCUT2D eigenvalue weighted by atomic mass is 32.2. The first-order chi connectivity index (χ1) is 9.47. The third-order valence-electron chi connectivity index (χ3n) is 2.73. The molecule has 5 N–H and O–H groups in total. The lowest BCUT2D eigenvalue weighted by Gasteiger charge is -2.11. The summed E-state index contributed by atoms with van der Waals surface area (Å²) in [6, 6.07) is 10.2. The standard InChI is InChI=1S/C13H16N4O2S/c14-10-4-5-12(13(9-10)20(15,18)19)17-8-6-11-3-1-2-7-16-11/h1-5,7,9,17H,6,8,14H2,(H2,15,18,19). The number of nitrogens with one attached hydrogen (secondary N) is 1. The Balaban J connectivity index is 2.10. The Bertz CT molecular complexity index is 687. The molecule has 106 valence electrons. The van der Waals surface area contributed by atoms with E-state index in [2.05, 4.69) is 10.3 Å². The van der Waals surface area contributed by atoms with Gasteiger partial charge in [0.15, 0.2) is 0 Å². The second-order valence-electron chi connectivity index (χ2n) is 4.30. The van der Waals surface area contributed by atoms with E-state index in [0.717, 1.165) is 5.69 Å². The molecule has 0 amide bonds. The second kappa shape index (κ2) is 5.89.